The summed E-state index contributed by atoms with van der Waals surface area (Å²) in [5.74, 6) is -0.330. The molecule has 2 aromatic heterocycles. The van der Waals surface area contributed by atoms with E-state index in [9.17, 15) is 14.5 Å². The Morgan fingerprint density at radius 3 is 2.86 bits per heavy atom. The first-order valence-corrected chi connectivity index (χ1v) is 6.58. The number of nitro benzene ring substituents is 1. The van der Waals surface area contributed by atoms with E-state index in [4.69, 9.17) is 11.6 Å². The summed E-state index contributed by atoms with van der Waals surface area (Å²) in [6.45, 7) is 1.97. The van der Waals surface area contributed by atoms with E-state index in [-0.39, 0.29) is 10.7 Å². The summed E-state index contributed by atoms with van der Waals surface area (Å²) >= 11 is 6.02. The van der Waals surface area contributed by atoms with Crippen LogP contribution in [0.15, 0.2) is 12.1 Å². The predicted molar refractivity (Wildman–Crippen MR) is 73.9 cm³/mol. The van der Waals surface area contributed by atoms with E-state index < -0.39 is 16.4 Å². The molecule has 108 valence electrons. The molecule has 0 saturated carbocycles. The Hall–Kier alpha value is -2.35. The zero-order valence-corrected chi connectivity index (χ0v) is 11.6. The van der Waals surface area contributed by atoms with Crippen molar-refractivity contribution < 1.29 is 9.31 Å². The lowest BCUT2D eigenvalue weighted by molar-refractivity contribution is -0.387. The second kappa shape index (κ2) is 4.88. The van der Waals surface area contributed by atoms with Crippen LogP contribution in [0.5, 0.6) is 0 Å². The first-order chi connectivity index (χ1) is 10.0. The molecule has 0 radical (unpaired) electrons. The van der Waals surface area contributed by atoms with Crippen molar-refractivity contribution >= 4 is 34.0 Å². The van der Waals surface area contributed by atoms with Gasteiger partial charge >= 0.3 is 5.69 Å². The summed E-state index contributed by atoms with van der Waals surface area (Å²) in [6.07, 6.45) is 1.44. The maximum atomic E-state index is 13.9. The molecule has 0 spiro atoms. The van der Waals surface area contributed by atoms with E-state index in [2.05, 4.69) is 15.2 Å². The first kappa shape index (κ1) is 13.6. The number of fused-ring (bicyclic) bond motifs is 3. The second-order valence-electron chi connectivity index (χ2n) is 4.48. The highest BCUT2D eigenvalue weighted by molar-refractivity contribution is 6.32. The Morgan fingerprint density at radius 1 is 1.43 bits per heavy atom. The molecule has 7 nitrogen and oxygen atoms in total. The van der Waals surface area contributed by atoms with Crippen LogP contribution < -0.4 is 0 Å². The lowest BCUT2D eigenvalue weighted by atomic mass is 10.2. The van der Waals surface area contributed by atoms with E-state index in [0.717, 1.165) is 18.6 Å². The molecule has 0 N–H and O–H groups in total. The van der Waals surface area contributed by atoms with Crippen molar-refractivity contribution in [3.8, 4) is 0 Å². The molecular weight excluding hydrogens is 301 g/mol. The van der Waals surface area contributed by atoms with E-state index >= 15 is 0 Å². The fourth-order valence-corrected chi connectivity index (χ4v) is 2.41. The SMILES string of the molecule is CCCc1nnc2c(Cl)nc3cc([N+](=O)[O-])c(F)cc3n12. The fraction of sp³-hybridized carbons (Fsp3) is 0.250. The van der Waals surface area contributed by atoms with Crippen LogP contribution in [0.25, 0.3) is 16.7 Å². The molecule has 1 aromatic carbocycles. The van der Waals surface area contributed by atoms with E-state index in [0.29, 0.717) is 23.4 Å². The maximum absolute atomic E-state index is 13.9. The summed E-state index contributed by atoms with van der Waals surface area (Å²) in [7, 11) is 0. The molecule has 0 fully saturated rings. The number of aromatic nitrogens is 4. The van der Waals surface area contributed by atoms with Gasteiger partial charge in [0, 0.05) is 18.6 Å². The number of halogens is 2. The number of aryl methyl sites for hydroxylation is 1. The topological polar surface area (TPSA) is 86.2 Å². The number of hydrogen-bond donors (Lipinski definition) is 0. The Bertz CT molecular complexity index is 879. The van der Waals surface area contributed by atoms with Crippen molar-refractivity contribution in [2.24, 2.45) is 0 Å². The van der Waals surface area contributed by atoms with Gasteiger partial charge in [0.1, 0.15) is 5.82 Å². The quantitative estimate of drug-likeness (QED) is 0.548. The van der Waals surface area contributed by atoms with Crippen LogP contribution in [0, 0.1) is 15.9 Å². The summed E-state index contributed by atoms with van der Waals surface area (Å²) in [6, 6.07) is 2.12. The van der Waals surface area contributed by atoms with Gasteiger partial charge in [0.05, 0.1) is 16.0 Å². The minimum Gasteiger partial charge on any atom is -0.275 e. The van der Waals surface area contributed by atoms with Crippen LogP contribution in [-0.2, 0) is 6.42 Å². The van der Waals surface area contributed by atoms with Gasteiger partial charge in [-0.05, 0) is 6.42 Å². The Labute approximate surface area is 122 Å². The standard InChI is InChI=1S/C12H9ClFN5O2/c1-2-3-10-16-17-12-11(13)15-7-5-8(19(20)21)6(14)4-9(7)18(10)12/h4-5H,2-3H2,1H3. The summed E-state index contributed by atoms with van der Waals surface area (Å²) in [5, 5.41) is 18.8. The Morgan fingerprint density at radius 2 is 2.19 bits per heavy atom. The molecule has 0 atom stereocenters. The van der Waals surface area contributed by atoms with Crippen molar-refractivity contribution in [1.82, 2.24) is 19.6 Å². The van der Waals surface area contributed by atoms with Crippen LogP contribution in [0.1, 0.15) is 19.2 Å². The third kappa shape index (κ3) is 2.07. The van der Waals surface area contributed by atoms with Gasteiger partial charge in [0.2, 0.25) is 5.82 Å². The average Bonchev–Trinajstić information content (AvgIpc) is 2.84. The maximum Gasteiger partial charge on any atom is 0.307 e. The molecule has 9 heteroatoms. The molecular formula is C12H9ClFN5O2. The monoisotopic (exact) mass is 309 g/mol. The Balaban J connectivity index is 2.44. The van der Waals surface area contributed by atoms with Gasteiger partial charge < -0.3 is 0 Å². The molecule has 3 aromatic rings. The molecule has 0 bridgehead atoms. The third-order valence-corrected chi connectivity index (χ3v) is 3.34. The molecule has 0 saturated heterocycles. The van der Waals surface area contributed by atoms with E-state index in [1.54, 1.807) is 4.40 Å². The molecule has 0 amide bonds. The van der Waals surface area contributed by atoms with Crippen LogP contribution in [-0.4, -0.2) is 24.5 Å². The third-order valence-electron chi connectivity index (χ3n) is 3.09. The van der Waals surface area contributed by atoms with Gasteiger partial charge in [0.25, 0.3) is 0 Å². The highest BCUT2D eigenvalue weighted by Crippen LogP contribution is 2.27. The molecule has 3 rings (SSSR count). The molecule has 0 aliphatic heterocycles. The van der Waals surface area contributed by atoms with Gasteiger partial charge in [-0.1, -0.05) is 18.5 Å². The molecule has 0 unspecified atom stereocenters. The van der Waals surface area contributed by atoms with Crippen LogP contribution in [0.4, 0.5) is 10.1 Å². The van der Waals surface area contributed by atoms with Gasteiger partial charge in [-0.2, -0.15) is 4.39 Å². The number of rotatable bonds is 3. The van der Waals surface area contributed by atoms with Gasteiger partial charge in [0.15, 0.2) is 10.8 Å². The summed E-state index contributed by atoms with van der Waals surface area (Å²) < 4.78 is 15.5. The molecule has 0 aliphatic rings. The molecule has 21 heavy (non-hydrogen) atoms. The van der Waals surface area contributed by atoms with Crippen LogP contribution in [0.3, 0.4) is 0 Å². The fourth-order valence-electron chi connectivity index (χ4n) is 2.19. The number of hydrogen-bond acceptors (Lipinski definition) is 5. The lowest BCUT2D eigenvalue weighted by Gasteiger charge is -2.05. The van der Waals surface area contributed by atoms with E-state index in [1.807, 2.05) is 6.92 Å². The normalized spacial score (nSPS) is 11.4. The van der Waals surface area contributed by atoms with Crippen molar-refractivity contribution in [3.05, 3.63) is 39.0 Å². The van der Waals surface area contributed by atoms with Gasteiger partial charge in [-0.3, -0.25) is 14.5 Å². The highest BCUT2D eigenvalue weighted by atomic mass is 35.5. The van der Waals surface area contributed by atoms with Crippen molar-refractivity contribution in [3.63, 3.8) is 0 Å². The van der Waals surface area contributed by atoms with Crippen molar-refractivity contribution in [2.45, 2.75) is 19.8 Å². The average molecular weight is 310 g/mol. The number of nitro groups is 1. The number of benzene rings is 1. The second-order valence-corrected chi connectivity index (χ2v) is 4.84. The molecule has 2 heterocycles. The summed E-state index contributed by atoms with van der Waals surface area (Å²) in [4.78, 5) is 14.0. The van der Waals surface area contributed by atoms with E-state index in [1.165, 1.54) is 0 Å². The largest absolute Gasteiger partial charge is 0.307 e. The predicted octanol–water partition coefficient (Wildman–Crippen LogP) is 2.93. The van der Waals surface area contributed by atoms with Crippen molar-refractivity contribution in [2.75, 3.05) is 0 Å². The minimum absolute atomic E-state index is 0.0678. The molecule has 0 aliphatic carbocycles. The van der Waals surface area contributed by atoms with Gasteiger partial charge in [-0.15, -0.1) is 10.2 Å². The van der Waals surface area contributed by atoms with Gasteiger partial charge in [-0.25, -0.2) is 4.98 Å². The highest BCUT2D eigenvalue weighted by Gasteiger charge is 2.20. The number of nitrogens with zero attached hydrogens (tertiary/aromatic N) is 5. The van der Waals surface area contributed by atoms with Crippen LogP contribution in [0.2, 0.25) is 5.15 Å². The van der Waals surface area contributed by atoms with Crippen molar-refractivity contribution in [1.29, 1.82) is 0 Å². The zero-order chi connectivity index (χ0) is 15.1. The smallest absolute Gasteiger partial charge is 0.275 e. The Kier molecular flexibility index (Phi) is 3.17. The lowest BCUT2D eigenvalue weighted by Crippen LogP contribution is -2.01. The minimum atomic E-state index is -0.936. The van der Waals surface area contributed by atoms with Crippen LogP contribution >= 0.6 is 11.6 Å². The first-order valence-electron chi connectivity index (χ1n) is 6.20. The zero-order valence-electron chi connectivity index (χ0n) is 10.9. The summed E-state index contributed by atoms with van der Waals surface area (Å²) in [5.41, 5.74) is 0.236.